The maximum atomic E-state index is 4.43. The molecular weight excluding hydrogens is 222 g/mol. The highest BCUT2D eigenvalue weighted by Gasteiger charge is 2.00. The Morgan fingerprint density at radius 1 is 0.833 bits per heavy atom. The van der Waals surface area contributed by atoms with Crippen molar-refractivity contribution < 1.29 is 0 Å². The second kappa shape index (κ2) is 10.1. The quantitative estimate of drug-likeness (QED) is 0.591. The van der Waals surface area contributed by atoms with Crippen LogP contribution in [0.5, 0.6) is 0 Å². The molecule has 1 aromatic rings. The van der Waals surface area contributed by atoms with Gasteiger partial charge in [-0.3, -0.25) is 5.10 Å². The summed E-state index contributed by atoms with van der Waals surface area (Å²) >= 11 is 0. The molecular formula is C15H29N3. The van der Waals surface area contributed by atoms with Gasteiger partial charge in [0.1, 0.15) is 11.6 Å². The van der Waals surface area contributed by atoms with Crippen molar-refractivity contribution in [2.75, 3.05) is 0 Å². The number of aromatic amines is 1. The van der Waals surface area contributed by atoms with Crippen LogP contribution in [0, 0.1) is 0 Å². The first kappa shape index (κ1) is 15.2. The zero-order valence-corrected chi connectivity index (χ0v) is 12.2. The first-order valence-electron chi connectivity index (χ1n) is 7.77. The van der Waals surface area contributed by atoms with Crippen LogP contribution in [0.25, 0.3) is 0 Å². The maximum Gasteiger partial charge on any atom is 0.150 e. The van der Waals surface area contributed by atoms with Crippen molar-refractivity contribution in [1.29, 1.82) is 0 Å². The zero-order chi connectivity index (χ0) is 13.1. The van der Waals surface area contributed by atoms with Crippen LogP contribution < -0.4 is 0 Å². The van der Waals surface area contributed by atoms with Gasteiger partial charge in [0.05, 0.1) is 0 Å². The van der Waals surface area contributed by atoms with Crippen LogP contribution in [-0.4, -0.2) is 15.2 Å². The molecule has 0 bridgehead atoms. The number of aromatic nitrogens is 3. The molecule has 0 aliphatic carbocycles. The number of nitrogens with one attached hydrogen (secondary N) is 1. The molecule has 0 aliphatic heterocycles. The monoisotopic (exact) mass is 251 g/mol. The van der Waals surface area contributed by atoms with E-state index in [-0.39, 0.29) is 0 Å². The van der Waals surface area contributed by atoms with Gasteiger partial charge in [-0.2, -0.15) is 5.10 Å². The lowest BCUT2D eigenvalue weighted by molar-refractivity contribution is 0.562. The van der Waals surface area contributed by atoms with E-state index in [0.717, 1.165) is 24.5 Å². The molecule has 0 unspecified atom stereocenters. The SMILES string of the molecule is CCCCCCCCCCCc1nc(CC)n[nH]1. The molecule has 0 radical (unpaired) electrons. The fraction of sp³-hybridized carbons (Fsp3) is 0.867. The van der Waals surface area contributed by atoms with Crippen molar-refractivity contribution in [1.82, 2.24) is 15.2 Å². The van der Waals surface area contributed by atoms with Crippen LogP contribution in [0.4, 0.5) is 0 Å². The summed E-state index contributed by atoms with van der Waals surface area (Å²) in [5, 5.41) is 7.18. The minimum atomic E-state index is 0.925. The van der Waals surface area contributed by atoms with Crippen LogP contribution in [-0.2, 0) is 12.8 Å². The van der Waals surface area contributed by atoms with Crippen LogP contribution in [0.1, 0.15) is 83.3 Å². The summed E-state index contributed by atoms with van der Waals surface area (Å²) in [5.41, 5.74) is 0. The Hall–Kier alpha value is -0.860. The first-order chi connectivity index (χ1) is 8.86. The Labute approximate surface area is 112 Å². The third-order valence-corrected chi connectivity index (χ3v) is 3.41. The van der Waals surface area contributed by atoms with Gasteiger partial charge in [0.25, 0.3) is 0 Å². The van der Waals surface area contributed by atoms with E-state index in [1.54, 1.807) is 0 Å². The number of hydrogen-bond donors (Lipinski definition) is 1. The summed E-state index contributed by atoms with van der Waals surface area (Å²) in [6.07, 6.45) is 14.4. The Kier molecular flexibility index (Phi) is 8.53. The Balaban J connectivity index is 1.89. The third kappa shape index (κ3) is 6.77. The lowest BCUT2D eigenvalue weighted by atomic mass is 10.1. The molecule has 1 heterocycles. The van der Waals surface area contributed by atoms with Gasteiger partial charge in [-0.05, 0) is 6.42 Å². The number of unbranched alkanes of at least 4 members (excludes halogenated alkanes) is 8. The van der Waals surface area contributed by atoms with Gasteiger partial charge in [-0.15, -0.1) is 0 Å². The fourth-order valence-electron chi connectivity index (χ4n) is 2.21. The normalized spacial score (nSPS) is 11.0. The summed E-state index contributed by atoms with van der Waals surface area (Å²) in [5.74, 6) is 2.01. The van der Waals surface area contributed by atoms with E-state index in [1.165, 1.54) is 57.8 Å². The van der Waals surface area contributed by atoms with E-state index in [2.05, 4.69) is 29.0 Å². The Morgan fingerprint density at radius 3 is 2.00 bits per heavy atom. The second-order valence-electron chi connectivity index (χ2n) is 5.13. The van der Waals surface area contributed by atoms with Gasteiger partial charge >= 0.3 is 0 Å². The number of hydrogen-bond acceptors (Lipinski definition) is 2. The smallest absolute Gasteiger partial charge is 0.150 e. The van der Waals surface area contributed by atoms with Gasteiger partial charge in [-0.1, -0.05) is 65.2 Å². The van der Waals surface area contributed by atoms with Crippen molar-refractivity contribution in [2.45, 2.75) is 84.5 Å². The molecule has 3 heteroatoms. The lowest BCUT2D eigenvalue weighted by Gasteiger charge is -2.00. The second-order valence-corrected chi connectivity index (χ2v) is 5.13. The first-order valence-corrected chi connectivity index (χ1v) is 7.77. The molecule has 0 spiro atoms. The van der Waals surface area contributed by atoms with Crippen molar-refractivity contribution in [3.8, 4) is 0 Å². The summed E-state index contributed by atoms with van der Waals surface area (Å²) in [6, 6.07) is 0. The number of rotatable bonds is 11. The minimum Gasteiger partial charge on any atom is -0.263 e. The van der Waals surface area contributed by atoms with E-state index in [4.69, 9.17) is 0 Å². The molecule has 18 heavy (non-hydrogen) atoms. The molecule has 0 atom stereocenters. The van der Waals surface area contributed by atoms with Gasteiger partial charge in [-0.25, -0.2) is 4.98 Å². The van der Waals surface area contributed by atoms with Crippen molar-refractivity contribution in [3.63, 3.8) is 0 Å². The molecule has 3 nitrogen and oxygen atoms in total. The maximum absolute atomic E-state index is 4.43. The van der Waals surface area contributed by atoms with Crippen LogP contribution in [0.2, 0.25) is 0 Å². The standard InChI is InChI=1S/C15H29N3/c1-3-5-6-7-8-9-10-11-12-13-15-16-14(4-2)17-18-15/h3-13H2,1-2H3,(H,16,17,18). The topological polar surface area (TPSA) is 41.6 Å². The van der Waals surface area contributed by atoms with Gasteiger partial charge in [0.15, 0.2) is 0 Å². The molecule has 1 aromatic heterocycles. The average molecular weight is 251 g/mol. The average Bonchev–Trinajstić information content (AvgIpc) is 2.85. The molecule has 0 aromatic carbocycles. The van der Waals surface area contributed by atoms with Crippen molar-refractivity contribution in [3.05, 3.63) is 11.6 Å². The van der Waals surface area contributed by atoms with Crippen LogP contribution in [0.3, 0.4) is 0 Å². The molecule has 104 valence electrons. The van der Waals surface area contributed by atoms with E-state index in [1.807, 2.05) is 0 Å². The molecule has 1 rings (SSSR count). The summed E-state index contributed by atoms with van der Waals surface area (Å²) in [7, 11) is 0. The minimum absolute atomic E-state index is 0.925. The van der Waals surface area contributed by atoms with Gasteiger partial charge < -0.3 is 0 Å². The van der Waals surface area contributed by atoms with Gasteiger partial charge in [0.2, 0.25) is 0 Å². The van der Waals surface area contributed by atoms with E-state index < -0.39 is 0 Å². The number of H-pyrrole nitrogens is 1. The molecule has 0 fully saturated rings. The molecule has 0 saturated carbocycles. The molecule has 1 N–H and O–H groups in total. The van der Waals surface area contributed by atoms with Crippen molar-refractivity contribution in [2.24, 2.45) is 0 Å². The lowest BCUT2D eigenvalue weighted by Crippen LogP contribution is -1.89. The zero-order valence-electron chi connectivity index (χ0n) is 12.2. The highest BCUT2D eigenvalue weighted by molar-refractivity contribution is 4.89. The highest BCUT2D eigenvalue weighted by atomic mass is 15.2. The number of aryl methyl sites for hydroxylation is 2. The Morgan fingerprint density at radius 2 is 1.44 bits per heavy atom. The largest absolute Gasteiger partial charge is 0.263 e. The summed E-state index contributed by atoms with van der Waals surface area (Å²) < 4.78 is 0. The van der Waals surface area contributed by atoms with E-state index in [0.29, 0.717) is 0 Å². The summed E-state index contributed by atoms with van der Waals surface area (Å²) in [6.45, 7) is 4.36. The summed E-state index contributed by atoms with van der Waals surface area (Å²) in [4.78, 5) is 4.43. The molecule has 0 amide bonds. The van der Waals surface area contributed by atoms with Crippen LogP contribution >= 0.6 is 0 Å². The highest BCUT2D eigenvalue weighted by Crippen LogP contribution is 2.10. The van der Waals surface area contributed by atoms with Crippen LogP contribution in [0.15, 0.2) is 0 Å². The number of nitrogens with zero attached hydrogens (tertiary/aromatic N) is 2. The fourth-order valence-corrected chi connectivity index (χ4v) is 2.21. The molecule has 0 saturated heterocycles. The third-order valence-electron chi connectivity index (χ3n) is 3.41. The predicted octanol–water partition coefficient (Wildman–Crippen LogP) is 4.44. The molecule has 0 aliphatic rings. The predicted molar refractivity (Wildman–Crippen MR) is 76.7 cm³/mol. The van der Waals surface area contributed by atoms with Gasteiger partial charge in [0, 0.05) is 12.8 Å². The van der Waals surface area contributed by atoms with E-state index >= 15 is 0 Å². The Bertz CT molecular complexity index is 294. The van der Waals surface area contributed by atoms with Crippen molar-refractivity contribution >= 4 is 0 Å². The van der Waals surface area contributed by atoms with E-state index in [9.17, 15) is 0 Å².